The van der Waals surface area contributed by atoms with E-state index in [1.54, 1.807) is 5.12 Å². The van der Waals surface area contributed by atoms with Gasteiger partial charge in [0.25, 0.3) is 0 Å². The summed E-state index contributed by atoms with van der Waals surface area (Å²) >= 11 is 0. The highest BCUT2D eigenvalue weighted by atomic mass is 15.9. The molecule has 0 aromatic heterocycles. The Morgan fingerprint density at radius 2 is 1.68 bits per heavy atom. The fourth-order valence-electron chi connectivity index (χ4n) is 2.12. The zero-order valence-corrected chi connectivity index (χ0v) is 11.0. The van der Waals surface area contributed by atoms with Crippen molar-refractivity contribution in [3.05, 3.63) is 48.5 Å². The van der Waals surface area contributed by atoms with Gasteiger partial charge in [-0.3, -0.25) is 5.43 Å². The first-order chi connectivity index (χ1) is 9.16. The van der Waals surface area contributed by atoms with E-state index in [9.17, 15) is 0 Å². The van der Waals surface area contributed by atoms with Gasteiger partial charge in [-0.15, -0.1) is 0 Å². The molecular weight excluding hydrogens is 238 g/mol. The summed E-state index contributed by atoms with van der Waals surface area (Å²) in [6, 6.07) is 16.1. The van der Waals surface area contributed by atoms with Crippen LogP contribution < -0.4 is 26.4 Å². The van der Waals surface area contributed by atoms with Crippen LogP contribution in [0.25, 0.3) is 0 Å². The molecule has 2 aromatic rings. The number of rotatable bonds is 2. The Labute approximate surface area is 112 Å². The number of hydrogen-bond donors (Lipinski definition) is 2. The third kappa shape index (κ3) is 1.94. The van der Waals surface area contributed by atoms with Gasteiger partial charge in [0.1, 0.15) is 5.69 Å². The first kappa shape index (κ1) is 11.7. The smallest absolute Gasteiger partial charge is 0.103 e. The zero-order valence-electron chi connectivity index (χ0n) is 11.0. The molecule has 5 heteroatoms. The van der Waals surface area contributed by atoms with Crippen LogP contribution in [-0.2, 0) is 0 Å². The van der Waals surface area contributed by atoms with Gasteiger partial charge < -0.3 is 4.90 Å². The zero-order chi connectivity index (χ0) is 13.4. The van der Waals surface area contributed by atoms with Crippen LogP contribution in [0.1, 0.15) is 0 Å². The summed E-state index contributed by atoms with van der Waals surface area (Å²) in [7, 11) is 4.04. The molecule has 98 valence electrons. The van der Waals surface area contributed by atoms with Crippen molar-refractivity contribution in [2.75, 3.05) is 34.7 Å². The van der Waals surface area contributed by atoms with Crippen molar-refractivity contribution in [3.8, 4) is 0 Å². The number of nitrogens with two attached hydrogens (primary N) is 1. The van der Waals surface area contributed by atoms with Crippen LogP contribution in [0.4, 0.5) is 22.7 Å². The molecule has 5 nitrogen and oxygen atoms in total. The fraction of sp³-hybridized carbons (Fsp3) is 0.143. The monoisotopic (exact) mass is 255 g/mol. The Bertz CT molecular complexity index is 579. The van der Waals surface area contributed by atoms with Crippen molar-refractivity contribution < 1.29 is 0 Å². The molecular formula is C14H17N5. The molecule has 3 rings (SSSR count). The number of nitrogens with one attached hydrogen (secondary N) is 1. The molecule has 0 radical (unpaired) electrons. The maximum Gasteiger partial charge on any atom is 0.103 e. The summed E-state index contributed by atoms with van der Waals surface area (Å²) < 4.78 is 0. The van der Waals surface area contributed by atoms with Gasteiger partial charge in [0.15, 0.2) is 0 Å². The number of nitrogens with zero attached hydrogens (tertiary/aromatic N) is 3. The SMILES string of the molecule is CN(C)c1ccc(N2Nc3ccccc3N2N)cc1. The number of fused-ring (bicyclic) bond motifs is 1. The maximum atomic E-state index is 6.11. The van der Waals surface area contributed by atoms with Crippen molar-refractivity contribution in [2.45, 2.75) is 0 Å². The molecule has 0 aliphatic carbocycles. The lowest BCUT2D eigenvalue weighted by atomic mass is 10.3. The highest BCUT2D eigenvalue weighted by Crippen LogP contribution is 2.34. The van der Waals surface area contributed by atoms with E-state index in [2.05, 4.69) is 22.5 Å². The topological polar surface area (TPSA) is 47.8 Å². The molecule has 0 saturated heterocycles. The van der Waals surface area contributed by atoms with Gasteiger partial charge in [-0.25, -0.2) is 5.84 Å². The molecule has 0 bridgehead atoms. The van der Waals surface area contributed by atoms with Gasteiger partial charge in [-0.2, -0.15) is 10.2 Å². The molecule has 1 heterocycles. The van der Waals surface area contributed by atoms with Crippen LogP contribution in [-0.4, -0.2) is 14.1 Å². The molecule has 0 saturated carbocycles. The van der Waals surface area contributed by atoms with Gasteiger partial charge in [0.2, 0.25) is 0 Å². The van der Waals surface area contributed by atoms with Crippen molar-refractivity contribution in [1.82, 2.24) is 0 Å². The molecule has 0 amide bonds. The lowest BCUT2D eigenvalue weighted by molar-refractivity contribution is 0.856. The van der Waals surface area contributed by atoms with E-state index >= 15 is 0 Å². The van der Waals surface area contributed by atoms with E-state index in [1.807, 2.05) is 55.6 Å². The number of hydrogen-bond acceptors (Lipinski definition) is 5. The predicted molar refractivity (Wildman–Crippen MR) is 80.0 cm³/mol. The van der Waals surface area contributed by atoms with Gasteiger partial charge in [-0.1, -0.05) is 12.1 Å². The molecule has 0 fully saturated rings. The molecule has 0 spiro atoms. The Kier molecular flexibility index (Phi) is 2.68. The number of benzene rings is 2. The Hall–Kier alpha value is -2.40. The lowest BCUT2D eigenvalue weighted by Crippen LogP contribution is -2.46. The van der Waals surface area contributed by atoms with Crippen molar-refractivity contribution in [1.29, 1.82) is 0 Å². The first-order valence-corrected chi connectivity index (χ1v) is 6.15. The lowest BCUT2D eigenvalue weighted by Gasteiger charge is -2.26. The summed E-state index contributed by atoms with van der Waals surface area (Å²) in [5.74, 6) is 6.11. The molecule has 0 unspecified atom stereocenters. The highest BCUT2D eigenvalue weighted by Gasteiger charge is 2.24. The van der Waals surface area contributed by atoms with Crippen molar-refractivity contribution >= 4 is 22.7 Å². The first-order valence-electron chi connectivity index (χ1n) is 6.15. The quantitative estimate of drug-likeness (QED) is 0.806. The minimum atomic E-state index is 0.958. The summed E-state index contributed by atoms with van der Waals surface area (Å²) in [6.07, 6.45) is 0. The van der Waals surface area contributed by atoms with Crippen LogP contribution in [0.2, 0.25) is 0 Å². The van der Waals surface area contributed by atoms with Crippen LogP contribution in [0.3, 0.4) is 0 Å². The second-order valence-electron chi connectivity index (χ2n) is 4.70. The molecule has 1 aliphatic rings. The number of hydrazine groups is 3. The number of anilines is 4. The predicted octanol–water partition coefficient (Wildman–Crippen LogP) is 2.19. The summed E-state index contributed by atoms with van der Waals surface area (Å²) in [5, 5.41) is 3.43. The minimum absolute atomic E-state index is 0.958. The van der Waals surface area contributed by atoms with E-state index in [0.717, 1.165) is 22.7 Å². The maximum absolute atomic E-state index is 6.11. The second-order valence-corrected chi connectivity index (χ2v) is 4.70. The van der Waals surface area contributed by atoms with Crippen LogP contribution in [0, 0.1) is 0 Å². The van der Waals surface area contributed by atoms with Crippen LogP contribution in [0.15, 0.2) is 48.5 Å². The van der Waals surface area contributed by atoms with Crippen molar-refractivity contribution in [3.63, 3.8) is 0 Å². The standard InChI is InChI=1S/C14H17N5/c1-17(2)11-7-9-12(10-8-11)19-16-13-5-3-4-6-14(13)18(19)15/h3-10,16H,15H2,1-2H3. The Balaban J connectivity index is 1.89. The van der Waals surface area contributed by atoms with Crippen molar-refractivity contribution in [2.24, 2.45) is 5.84 Å². The number of para-hydroxylation sites is 2. The van der Waals surface area contributed by atoms with Gasteiger partial charge >= 0.3 is 0 Å². The third-order valence-electron chi connectivity index (χ3n) is 3.20. The van der Waals surface area contributed by atoms with E-state index in [-0.39, 0.29) is 0 Å². The molecule has 0 atom stereocenters. The van der Waals surface area contributed by atoms with Crippen LogP contribution >= 0.6 is 0 Å². The van der Waals surface area contributed by atoms with E-state index in [4.69, 9.17) is 5.84 Å². The van der Waals surface area contributed by atoms with Gasteiger partial charge in [0, 0.05) is 19.8 Å². The Morgan fingerprint density at radius 1 is 1.00 bits per heavy atom. The largest absolute Gasteiger partial charge is 0.378 e. The molecule has 3 N–H and O–H groups in total. The van der Waals surface area contributed by atoms with Gasteiger partial charge in [0.05, 0.1) is 11.4 Å². The fourth-order valence-corrected chi connectivity index (χ4v) is 2.12. The summed E-state index contributed by atoms with van der Waals surface area (Å²) in [5.41, 5.74) is 7.38. The van der Waals surface area contributed by atoms with E-state index in [1.165, 1.54) is 0 Å². The van der Waals surface area contributed by atoms with E-state index < -0.39 is 0 Å². The summed E-state index contributed by atoms with van der Waals surface area (Å²) in [4.78, 5) is 2.07. The van der Waals surface area contributed by atoms with Gasteiger partial charge in [-0.05, 0) is 36.4 Å². The second kappa shape index (κ2) is 4.37. The highest BCUT2D eigenvalue weighted by molar-refractivity contribution is 5.80. The average Bonchev–Trinajstić information content (AvgIpc) is 2.77. The normalized spacial score (nSPS) is 13.2. The minimum Gasteiger partial charge on any atom is -0.378 e. The molecule has 2 aromatic carbocycles. The molecule has 1 aliphatic heterocycles. The third-order valence-corrected chi connectivity index (χ3v) is 3.20. The van der Waals surface area contributed by atoms with E-state index in [0.29, 0.717) is 0 Å². The molecule has 19 heavy (non-hydrogen) atoms. The average molecular weight is 255 g/mol. The van der Waals surface area contributed by atoms with Crippen LogP contribution in [0.5, 0.6) is 0 Å². The Morgan fingerprint density at radius 3 is 2.32 bits per heavy atom. The summed E-state index contributed by atoms with van der Waals surface area (Å²) in [6.45, 7) is 0.